The summed E-state index contributed by atoms with van der Waals surface area (Å²) in [5.74, 6) is 1.08. The fraction of sp³-hybridized carbons (Fsp3) is 0.524. The Balaban J connectivity index is 1.48. The maximum absolute atomic E-state index is 12.5. The molecule has 3 N–H and O–H groups in total. The van der Waals surface area contributed by atoms with Crippen molar-refractivity contribution in [3.8, 4) is 0 Å². The highest BCUT2D eigenvalue weighted by molar-refractivity contribution is 7.99. The van der Waals surface area contributed by atoms with Crippen LogP contribution in [0.3, 0.4) is 0 Å². The topological polar surface area (TPSA) is 72.9 Å². The maximum atomic E-state index is 12.5. The number of aromatic nitrogens is 2. The highest BCUT2D eigenvalue weighted by atomic mass is 32.2. The Morgan fingerprint density at radius 2 is 2.19 bits per heavy atom. The molecule has 0 spiro atoms. The molecule has 1 saturated carbocycles. The van der Waals surface area contributed by atoms with Crippen molar-refractivity contribution in [3.63, 3.8) is 0 Å². The van der Waals surface area contributed by atoms with Crippen molar-refractivity contribution in [2.75, 3.05) is 5.75 Å². The zero-order valence-corrected chi connectivity index (χ0v) is 16.8. The van der Waals surface area contributed by atoms with Crippen molar-refractivity contribution in [1.29, 1.82) is 0 Å². The van der Waals surface area contributed by atoms with Crippen LogP contribution in [-0.2, 0) is 17.8 Å². The van der Waals surface area contributed by atoms with E-state index < -0.39 is 6.04 Å². The van der Waals surface area contributed by atoms with E-state index in [1.165, 1.54) is 18.4 Å². The first-order valence-electron chi connectivity index (χ1n) is 9.86. The van der Waals surface area contributed by atoms with Crippen molar-refractivity contribution in [1.82, 2.24) is 14.9 Å². The van der Waals surface area contributed by atoms with Gasteiger partial charge in [-0.15, -0.1) is 0 Å². The summed E-state index contributed by atoms with van der Waals surface area (Å²) in [5, 5.41) is 3.83. The van der Waals surface area contributed by atoms with Crippen molar-refractivity contribution < 1.29 is 4.79 Å². The molecule has 3 atom stereocenters. The summed E-state index contributed by atoms with van der Waals surface area (Å²) in [6, 6.07) is 9.96. The highest BCUT2D eigenvalue weighted by Crippen LogP contribution is 2.28. The van der Waals surface area contributed by atoms with Gasteiger partial charge in [-0.3, -0.25) is 4.79 Å². The molecule has 2 unspecified atom stereocenters. The number of benzene rings is 1. The van der Waals surface area contributed by atoms with Gasteiger partial charge < -0.3 is 15.6 Å². The lowest BCUT2D eigenvalue weighted by Crippen LogP contribution is -2.48. The highest BCUT2D eigenvalue weighted by Gasteiger charge is 2.25. The van der Waals surface area contributed by atoms with E-state index in [9.17, 15) is 4.79 Å². The van der Waals surface area contributed by atoms with E-state index >= 15 is 0 Å². The van der Waals surface area contributed by atoms with E-state index in [-0.39, 0.29) is 11.9 Å². The van der Waals surface area contributed by atoms with Crippen LogP contribution in [0.15, 0.2) is 42.9 Å². The molecule has 0 saturated heterocycles. The van der Waals surface area contributed by atoms with Gasteiger partial charge in [-0.2, -0.15) is 11.8 Å². The van der Waals surface area contributed by atoms with E-state index in [1.54, 1.807) is 6.33 Å². The fourth-order valence-corrected chi connectivity index (χ4v) is 4.86. The molecule has 1 amide bonds. The zero-order chi connectivity index (χ0) is 19.1. The van der Waals surface area contributed by atoms with Crippen molar-refractivity contribution in [3.05, 3.63) is 54.1 Å². The normalized spacial score (nSPS) is 21.0. The maximum Gasteiger partial charge on any atom is 0.237 e. The van der Waals surface area contributed by atoms with Crippen LogP contribution in [0.1, 0.15) is 43.9 Å². The number of hydrogen-bond donors (Lipinski definition) is 2. The number of rotatable bonds is 8. The molecule has 5 nitrogen and oxygen atoms in total. The lowest BCUT2D eigenvalue weighted by atomic mass is 9.94. The predicted molar refractivity (Wildman–Crippen MR) is 112 cm³/mol. The molecule has 0 aliphatic heterocycles. The van der Waals surface area contributed by atoms with Crippen LogP contribution in [0.4, 0.5) is 0 Å². The van der Waals surface area contributed by atoms with Gasteiger partial charge in [-0.25, -0.2) is 4.98 Å². The van der Waals surface area contributed by atoms with Gasteiger partial charge in [0.25, 0.3) is 0 Å². The number of nitrogens with one attached hydrogen (secondary N) is 1. The number of imidazole rings is 1. The molecule has 0 bridgehead atoms. The van der Waals surface area contributed by atoms with Gasteiger partial charge in [-0.05, 0) is 30.6 Å². The quantitative estimate of drug-likeness (QED) is 0.731. The molecule has 3 rings (SSSR count). The summed E-state index contributed by atoms with van der Waals surface area (Å²) in [4.78, 5) is 16.9. The Bertz CT molecular complexity index is 716. The first-order valence-corrected chi connectivity index (χ1v) is 10.9. The Hall–Kier alpha value is -1.79. The largest absolute Gasteiger partial charge is 0.352 e. The minimum atomic E-state index is -0.552. The minimum absolute atomic E-state index is 0.0558. The van der Waals surface area contributed by atoms with Gasteiger partial charge in [0.2, 0.25) is 5.91 Å². The Morgan fingerprint density at radius 1 is 1.37 bits per heavy atom. The average molecular weight is 387 g/mol. The molecule has 1 aromatic heterocycles. The van der Waals surface area contributed by atoms with Crippen LogP contribution in [0, 0.1) is 0 Å². The smallest absolute Gasteiger partial charge is 0.237 e. The van der Waals surface area contributed by atoms with Crippen LogP contribution < -0.4 is 11.1 Å². The third-order valence-electron chi connectivity index (χ3n) is 5.04. The third kappa shape index (κ3) is 6.11. The molecule has 1 heterocycles. The van der Waals surface area contributed by atoms with Gasteiger partial charge in [0.05, 0.1) is 18.1 Å². The first kappa shape index (κ1) is 20.0. The predicted octanol–water partition coefficient (Wildman–Crippen LogP) is 2.98. The summed E-state index contributed by atoms with van der Waals surface area (Å²) in [6.45, 7) is 2.97. The third-order valence-corrected chi connectivity index (χ3v) is 6.27. The molecule has 27 heavy (non-hydrogen) atoms. The van der Waals surface area contributed by atoms with Crippen molar-refractivity contribution >= 4 is 17.7 Å². The number of nitrogens with zero attached hydrogens (tertiary/aromatic N) is 2. The van der Waals surface area contributed by atoms with Crippen LogP contribution in [-0.4, -0.2) is 38.5 Å². The molecule has 1 aromatic carbocycles. The average Bonchev–Trinajstić information content (AvgIpc) is 3.10. The van der Waals surface area contributed by atoms with Gasteiger partial charge >= 0.3 is 0 Å². The second-order valence-corrected chi connectivity index (χ2v) is 8.86. The lowest BCUT2D eigenvalue weighted by molar-refractivity contribution is -0.123. The van der Waals surface area contributed by atoms with E-state index in [0.717, 1.165) is 30.8 Å². The van der Waals surface area contributed by atoms with E-state index in [4.69, 9.17) is 5.73 Å². The van der Waals surface area contributed by atoms with E-state index in [1.807, 2.05) is 40.7 Å². The molecule has 1 fully saturated rings. The van der Waals surface area contributed by atoms with E-state index in [0.29, 0.717) is 11.7 Å². The van der Waals surface area contributed by atoms with Crippen LogP contribution in [0.5, 0.6) is 0 Å². The Morgan fingerprint density at radius 3 is 2.96 bits per heavy atom. The van der Waals surface area contributed by atoms with Crippen molar-refractivity contribution in [2.24, 2.45) is 5.73 Å². The standard InChI is InChI=1S/C21H30N4OS/c1-2-27-19-10-6-9-17(11-19)24-21(26)20(22)12-18-14-25(15-23-18)13-16-7-4-3-5-8-16/h3-5,7-8,14-15,17,19-20H,2,6,9-13,22H2,1H3,(H,24,26)/t17?,19?,20-/m0/s1. The summed E-state index contributed by atoms with van der Waals surface area (Å²) in [5.41, 5.74) is 8.24. The van der Waals surface area contributed by atoms with Crippen molar-refractivity contribution in [2.45, 2.75) is 62.9 Å². The molecule has 2 aromatic rings. The van der Waals surface area contributed by atoms with Crippen LogP contribution in [0.25, 0.3) is 0 Å². The second kappa shape index (κ2) is 9.95. The summed E-state index contributed by atoms with van der Waals surface area (Å²) in [6.07, 6.45) is 8.81. The number of nitrogens with two attached hydrogens (primary N) is 1. The molecule has 0 radical (unpaired) electrons. The van der Waals surface area contributed by atoms with Gasteiger partial charge in [0, 0.05) is 30.5 Å². The number of carbonyl (C=O) groups is 1. The fourth-order valence-electron chi connectivity index (χ4n) is 3.68. The molecular formula is C21H30N4OS. The summed E-state index contributed by atoms with van der Waals surface area (Å²) in [7, 11) is 0. The SMILES string of the molecule is CCSC1CCCC(NC(=O)[C@@H](N)Cc2cn(Cc3ccccc3)cn2)C1. The second-order valence-electron chi connectivity index (χ2n) is 7.28. The van der Waals surface area contributed by atoms with Crippen LogP contribution in [0.2, 0.25) is 0 Å². The van der Waals surface area contributed by atoms with Gasteiger partial charge in [-0.1, -0.05) is 43.7 Å². The number of hydrogen-bond acceptors (Lipinski definition) is 4. The first-order chi connectivity index (χ1) is 13.1. The number of amides is 1. The van der Waals surface area contributed by atoms with Gasteiger partial charge in [0.15, 0.2) is 0 Å². The van der Waals surface area contributed by atoms with Gasteiger partial charge in [0.1, 0.15) is 0 Å². The monoisotopic (exact) mass is 386 g/mol. The molecule has 146 valence electrons. The number of thioether (sulfide) groups is 1. The zero-order valence-electron chi connectivity index (χ0n) is 16.0. The minimum Gasteiger partial charge on any atom is -0.352 e. The summed E-state index contributed by atoms with van der Waals surface area (Å²) >= 11 is 2.00. The molecule has 1 aliphatic carbocycles. The number of carbonyl (C=O) groups excluding carboxylic acids is 1. The summed E-state index contributed by atoms with van der Waals surface area (Å²) < 4.78 is 2.03. The van der Waals surface area contributed by atoms with Crippen LogP contribution >= 0.6 is 11.8 Å². The van der Waals surface area contributed by atoms with E-state index in [2.05, 4.69) is 29.4 Å². The Kier molecular flexibility index (Phi) is 7.35. The molecule has 6 heteroatoms. The molecule has 1 aliphatic rings. The molecular weight excluding hydrogens is 356 g/mol. The lowest BCUT2D eigenvalue weighted by Gasteiger charge is -2.30. The Labute approximate surface area is 166 Å².